The molecule has 21 N–H and O–H groups in total. The molecule has 614 valence electrons. The second-order valence-electron chi connectivity index (χ2n) is 27.6. The topological polar surface area (TPSA) is 636 Å². The van der Waals surface area contributed by atoms with Gasteiger partial charge in [0.25, 0.3) is 0 Å². The van der Waals surface area contributed by atoms with Crippen molar-refractivity contribution < 1.29 is 212 Å². The van der Waals surface area contributed by atoms with Crippen LogP contribution in [0.25, 0.3) is 0 Å². The molecule has 0 spiro atoms. The molecule has 0 amide bonds. The van der Waals surface area contributed by atoms with Crippen molar-refractivity contribution >= 4 is 5.97 Å². The fraction of sp³-hybridized carbons (Fsp3) is 0.984. The Morgan fingerprint density at radius 1 is 0.238 bits per heavy atom. The highest BCUT2D eigenvalue weighted by molar-refractivity contribution is 5.68. The van der Waals surface area contributed by atoms with Crippen molar-refractivity contribution in [1.29, 1.82) is 0 Å². The molecule has 21 saturated heterocycles. The Balaban J connectivity index is 1.20. The summed E-state index contributed by atoms with van der Waals surface area (Å²) < 4.78 is 125. The predicted octanol–water partition coefficient (Wildman–Crippen LogP) is -12.7. The lowest BCUT2D eigenvalue weighted by molar-refractivity contribution is -0.398. The van der Waals surface area contributed by atoms with Crippen LogP contribution in [0.4, 0.5) is 0 Å². The van der Waals surface area contributed by atoms with Crippen LogP contribution >= 0.6 is 0 Å². The van der Waals surface area contributed by atoms with E-state index in [1.54, 1.807) is 0 Å². The molecule has 14 bridgehead atoms. The van der Waals surface area contributed by atoms with Crippen molar-refractivity contribution in [2.45, 2.75) is 293 Å². The van der Waals surface area contributed by atoms with E-state index in [0.29, 0.717) is 0 Å². The second kappa shape index (κ2) is 41.0. The summed E-state index contributed by atoms with van der Waals surface area (Å²) in [6.07, 6.45) is -78.2. The van der Waals surface area contributed by atoms with Gasteiger partial charge in [0, 0.05) is 0 Å². The summed E-state index contributed by atoms with van der Waals surface area (Å²) in [7, 11) is 0. The molecule has 0 saturated carbocycles. The minimum atomic E-state index is -2.31. The SMILES string of the molecule is CC(O)COCC1OC2OC3C(COCC(C)O)OC(OC4C(COCC(C)O)OC(OC5C(COCC(C)O)OC(OC6C(COCC(C)O)OC(OC7C(COCC(C)O)OC(OC8C(COCC(=O)O)OC(OC1C(O)C2O)C(O)C8O)C(O)C7O)C(O)C6O)C(O)C5O)C(O)C4O)C(O)C3O. The van der Waals surface area contributed by atoms with Crippen LogP contribution in [0.1, 0.15) is 41.5 Å². The summed E-state index contributed by atoms with van der Waals surface area (Å²) in [6, 6.07) is 0. The van der Waals surface area contributed by atoms with Gasteiger partial charge in [0.05, 0.1) is 123 Å². The Morgan fingerprint density at radius 3 is 0.495 bits per heavy atom. The number of hydrogen-bond acceptors (Lipinski definition) is 42. The molecule has 43 heteroatoms. The van der Waals surface area contributed by atoms with E-state index < -0.39 is 337 Å². The van der Waals surface area contributed by atoms with Gasteiger partial charge in [-0.2, -0.15) is 0 Å². The first kappa shape index (κ1) is 88.4. The number of carboxylic acids is 1. The molecule has 41 atom stereocenters. The van der Waals surface area contributed by atoms with E-state index in [-0.39, 0.29) is 13.2 Å². The maximum absolute atomic E-state index is 12.1. The summed E-state index contributed by atoms with van der Waals surface area (Å²) in [5.41, 5.74) is 0. The zero-order chi connectivity index (χ0) is 77.0. The first-order chi connectivity index (χ1) is 49.6. The summed E-state index contributed by atoms with van der Waals surface area (Å²) in [6.45, 7) is -0.0380. The van der Waals surface area contributed by atoms with Crippen LogP contribution in [-0.2, 0) is 104 Å². The summed E-state index contributed by atoms with van der Waals surface area (Å²) >= 11 is 0. The van der Waals surface area contributed by atoms with Crippen molar-refractivity contribution in [1.82, 2.24) is 0 Å². The Hall–Kier alpha value is -2.17. The van der Waals surface area contributed by atoms with Crippen molar-refractivity contribution in [3.05, 3.63) is 0 Å². The van der Waals surface area contributed by atoms with E-state index in [1.807, 2.05) is 0 Å². The lowest BCUT2D eigenvalue weighted by Gasteiger charge is -2.50. The number of hydrogen-bond donors (Lipinski definition) is 21. The van der Waals surface area contributed by atoms with Gasteiger partial charge in [-0.15, -0.1) is 0 Å². The molecule has 0 aliphatic carbocycles. The van der Waals surface area contributed by atoms with E-state index in [2.05, 4.69) is 0 Å². The first-order valence-corrected chi connectivity index (χ1v) is 34.7. The Kier molecular flexibility index (Phi) is 34.5. The molecule has 43 nitrogen and oxygen atoms in total. The Morgan fingerprint density at radius 2 is 0.371 bits per heavy atom. The Bertz CT molecular complexity index is 2460. The molecule has 21 fully saturated rings. The number of carboxylic acid groups (broad SMARTS) is 1. The minimum absolute atomic E-state index is 0.389. The molecule has 0 aromatic rings. The van der Waals surface area contributed by atoms with E-state index in [0.717, 1.165) is 0 Å². The molecule has 21 heterocycles. The van der Waals surface area contributed by atoms with Crippen LogP contribution in [0, 0.1) is 0 Å². The summed E-state index contributed by atoms with van der Waals surface area (Å²) in [4.78, 5) is 11.8. The van der Waals surface area contributed by atoms with Gasteiger partial charge >= 0.3 is 5.97 Å². The number of aliphatic hydroxyl groups is 20. The second-order valence-corrected chi connectivity index (χ2v) is 27.6. The molecule has 105 heavy (non-hydrogen) atoms. The third-order valence-electron chi connectivity index (χ3n) is 17.9. The molecule has 21 aliphatic rings. The number of aliphatic carboxylic acids is 1. The van der Waals surface area contributed by atoms with Gasteiger partial charge in [-0.25, -0.2) is 4.79 Å². The van der Waals surface area contributed by atoms with Crippen LogP contribution in [0.15, 0.2) is 0 Å². The van der Waals surface area contributed by atoms with Gasteiger partial charge in [0.1, 0.15) is 178 Å². The van der Waals surface area contributed by atoms with Crippen LogP contribution in [-0.4, -0.2) is 457 Å². The predicted molar refractivity (Wildman–Crippen MR) is 332 cm³/mol. The number of carbonyl (C=O) groups is 1. The number of aliphatic hydroxyl groups excluding tert-OH is 20. The highest BCUT2D eigenvalue weighted by Crippen LogP contribution is 2.40. The first-order valence-electron chi connectivity index (χ1n) is 34.7. The van der Waals surface area contributed by atoms with Crippen molar-refractivity contribution in [2.24, 2.45) is 0 Å². The third kappa shape index (κ3) is 23.5. The zero-order valence-corrected chi connectivity index (χ0v) is 58.4. The van der Waals surface area contributed by atoms with E-state index in [4.69, 9.17) is 99.5 Å². The fourth-order valence-corrected chi connectivity index (χ4v) is 12.7. The third-order valence-corrected chi connectivity index (χ3v) is 17.9. The van der Waals surface area contributed by atoms with Crippen LogP contribution < -0.4 is 0 Å². The van der Waals surface area contributed by atoms with E-state index in [9.17, 15) is 112 Å². The van der Waals surface area contributed by atoms with Crippen LogP contribution in [0.2, 0.25) is 0 Å². The van der Waals surface area contributed by atoms with Crippen molar-refractivity contribution in [3.63, 3.8) is 0 Å². The summed E-state index contributed by atoms with van der Waals surface area (Å²) in [5.74, 6) is -1.51. The average molecular weight is 1540 g/mol. The molecule has 41 unspecified atom stereocenters. The lowest BCUT2D eigenvalue weighted by Crippen LogP contribution is -2.68. The van der Waals surface area contributed by atoms with Crippen LogP contribution in [0.3, 0.4) is 0 Å². The molecule has 21 aliphatic heterocycles. The fourth-order valence-electron chi connectivity index (χ4n) is 12.7. The molecular formula is C62H108O43. The highest BCUT2D eigenvalue weighted by Gasteiger charge is 2.60. The van der Waals surface area contributed by atoms with Gasteiger partial charge in [0.15, 0.2) is 44.0 Å². The summed E-state index contributed by atoms with van der Waals surface area (Å²) in [5, 5.41) is 239. The van der Waals surface area contributed by atoms with Gasteiger partial charge in [-0.05, 0) is 41.5 Å². The molecular weight excluding hydrogens is 1430 g/mol. The van der Waals surface area contributed by atoms with Gasteiger partial charge in [-0.1, -0.05) is 0 Å². The maximum atomic E-state index is 12.1. The number of rotatable bonds is 28. The van der Waals surface area contributed by atoms with Gasteiger partial charge in [0.2, 0.25) is 0 Å². The molecule has 0 radical (unpaired) electrons. The largest absolute Gasteiger partial charge is 0.480 e. The van der Waals surface area contributed by atoms with Crippen LogP contribution in [0.5, 0.6) is 0 Å². The standard InChI is InChI=1S/C62H108O43/c1-21(63)7-85-13-27-49-36(72)43(79)57(93-27)101-51-29(15-87-9-23(3)65)95-59(45(81)38(51)74)103-53-31(17-89-11-25(5)67)97-61(47(83)40(53)76)105-55-33(19-91-20-34(69)70)98-62(48(84)41(55)77)104-54-32(18-90-12-26(6)68)96-60(46(82)39(54)75)102-52-30(16-88-10-24(4)66)94-58(44(80)37(52)73)100-50-28(14-86-8-22(2)64)92-56(99-49)42(78)35(50)71/h21-33,35-68,71-84H,7-20H2,1-6H3,(H,69,70). The van der Waals surface area contributed by atoms with Gasteiger partial charge < -0.3 is 207 Å². The monoisotopic (exact) mass is 1540 g/mol. The normalized spacial score (nSPS) is 45.6. The average Bonchev–Trinajstić information content (AvgIpc) is 0.960. The van der Waals surface area contributed by atoms with Crippen molar-refractivity contribution in [3.8, 4) is 0 Å². The van der Waals surface area contributed by atoms with E-state index >= 15 is 0 Å². The Labute approximate surface area is 601 Å². The quantitative estimate of drug-likeness (QED) is 0.0346. The lowest BCUT2D eigenvalue weighted by atomic mass is 9.95. The smallest absolute Gasteiger partial charge is 0.329 e. The number of ether oxygens (including phenoxy) is 21. The van der Waals surface area contributed by atoms with E-state index in [1.165, 1.54) is 41.5 Å². The minimum Gasteiger partial charge on any atom is -0.480 e. The highest BCUT2D eigenvalue weighted by atomic mass is 16.8. The molecule has 0 aromatic heterocycles. The van der Waals surface area contributed by atoms with Crippen molar-refractivity contribution in [2.75, 3.05) is 92.5 Å². The molecule has 0 aromatic carbocycles. The maximum Gasteiger partial charge on any atom is 0.329 e. The molecule has 21 rings (SSSR count). The zero-order valence-electron chi connectivity index (χ0n) is 58.4. The van der Waals surface area contributed by atoms with Gasteiger partial charge in [-0.3, -0.25) is 0 Å².